The number of hydrogen-bond donors (Lipinski definition) is 2. The number of esters is 2. The Morgan fingerprint density at radius 3 is 2.70 bits per heavy atom. The molecule has 7 heteroatoms. The van der Waals surface area contributed by atoms with E-state index >= 15 is 0 Å². The van der Waals surface area contributed by atoms with Gasteiger partial charge in [0.25, 0.3) is 0 Å². The van der Waals surface area contributed by atoms with Gasteiger partial charge in [-0.3, -0.25) is 9.69 Å². The molecule has 0 amide bonds. The highest BCUT2D eigenvalue weighted by Crippen LogP contribution is 2.37. The van der Waals surface area contributed by atoms with E-state index in [-0.39, 0.29) is 12.6 Å². The third-order valence-corrected chi connectivity index (χ3v) is 5.63. The minimum Gasteiger partial charge on any atom is -0.461 e. The lowest BCUT2D eigenvalue weighted by Crippen LogP contribution is -2.61. The van der Waals surface area contributed by atoms with E-state index in [1.807, 2.05) is 6.08 Å². The van der Waals surface area contributed by atoms with Gasteiger partial charge in [0.2, 0.25) is 0 Å². The Balaban J connectivity index is 1.97. The first kappa shape index (κ1) is 16.4. The molecule has 5 atom stereocenters. The van der Waals surface area contributed by atoms with Gasteiger partial charge in [-0.2, -0.15) is 0 Å². The normalized spacial score (nSPS) is 44.9. The predicted molar refractivity (Wildman–Crippen MR) is 79.3 cm³/mol. The summed E-state index contributed by atoms with van der Waals surface area (Å²) in [5, 5.41) is 21.2. The van der Waals surface area contributed by atoms with E-state index in [0.717, 1.165) is 18.7 Å². The molecule has 0 aromatic rings. The van der Waals surface area contributed by atoms with E-state index in [2.05, 4.69) is 4.90 Å². The summed E-state index contributed by atoms with van der Waals surface area (Å²) < 4.78 is 10.8. The summed E-state index contributed by atoms with van der Waals surface area (Å²) in [6, 6.07) is -0.124. The van der Waals surface area contributed by atoms with Crippen LogP contribution in [-0.2, 0) is 19.1 Å². The maximum Gasteiger partial charge on any atom is 0.341 e. The van der Waals surface area contributed by atoms with E-state index in [9.17, 15) is 19.8 Å². The standard InChI is InChI=1S/C16H23NO6/c1-9-13(18)22-8-10-4-6-17-7-5-11(12(10)17)23-14(19)16(3,21)15(9,2)20/h4,9,11-12,20-21H,5-8H2,1-3H3/t9-,11+,12+,15+,16+/m1/s1. The molecular formula is C16H23NO6. The summed E-state index contributed by atoms with van der Waals surface area (Å²) in [6.07, 6.45) is 2.22. The van der Waals surface area contributed by atoms with Gasteiger partial charge in [-0.25, -0.2) is 4.79 Å². The minimum absolute atomic E-state index is 0.108. The quantitative estimate of drug-likeness (QED) is 0.462. The van der Waals surface area contributed by atoms with Crippen molar-refractivity contribution in [3.8, 4) is 0 Å². The summed E-state index contributed by atoms with van der Waals surface area (Å²) in [5.74, 6) is -2.65. The number of ether oxygens (including phenoxy) is 2. The van der Waals surface area contributed by atoms with E-state index in [0.29, 0.717) is 6.42 Å². The first-order valence-corrected chi connectivity index (χ1v) is 7.91. The fraction of sp³-hybridized carbons (Fsp3) is 0.750. The molecule has 0 aromatic carbocycles. The SMILES string of the molecule is C[C@@H]1C(=O)OCC2=CCN3CC[C@H](OC(=O)[C@](C)(O)[C@@]1(C)O)[C@H]23. The molecule has 128 valence electrons. The minimum atomic E-state index is -2.22. The molecule has 3 rings (SSSR count). The Morgan fingerprint density at radius 1 is 1.30 bits per heavy atom. The molecule has 3 aliphatic rings. The molecule has 7 nitrogen and oxygen atoms in total. The zero-order valence-electron chi connectivity index (χ0n) is 13.6. The second-order valence-corrected chi connectivity index (χ2v) is 7.00. The highest BCUT2D eigenvalue weighted by Gasteiger charge is 2.56. The second-order valence-electron chi connectivity index (χ2n) is 7.00. The number of nitrogens with zero attached hydrogens (tertiary/aromatic N) is 1. The molecule has 23 heavy (non-hydrogen) atoms. The first-order valence-electron chi connectivity index (χ1n) is 7.91. The van der Waals surface area contributed by atoms with Crippen molar-refractivity contribution in [1.29, 1.82) is 0 Å². The zero-order chi connectivity index (χ0) is 17.0. The van der Waals surface area contributed by atoms with Gasteiger partial charge in [0.05, 0.1) is 12.0 Å². The second kappa shape index (κ2) is 5.29. The Hall–Kier alpha value is -1.44. The van der Waals surface area contributed by atoms with Crippen LogP contribution in [0.3, 0.4) is 0 Å². The Morgan fingerprint density at radius 2 is 2.00 bits per heavy atom. The molecule has 0 bridgehead atoms. The summed E-state index contributed by atoms with van der Waals surface area (Å²) in [7, 11) is 0. The van der Waals surface area contributed by atoms with Crippen molar-refractivity contribution in [2.24, 2.45) is 5.92 Å². The van der Waals surface area contributed by atoms with Crippen LogP contribution < -0.4 is 0 Å². The lowest BCUT2D eigenvalue weighted by Gasteiger charge is -2.39. The number of carbonyl (C=O) groups excluding carboxylic acids is 2. The lowest BCUT2D eigenvalue weighted by atomic mass is 9.76. The van der Waals surface area contributed by atoms with E-state index < -0.39 is 35.2 Å². The van der Waals surface area contributed by atoms with E-state index in [4.69, 9.17) is 9.47 Å². The lowest BCUT2D eigenvalue weighted by molar-refractivity contribution is -0.208. The van der Waals surface area contributed by atoms with Crippen LogP contribution in [-0.4, -0.2) is 70.1 Å². The first-order chi connectivity index (χ1) is 10.7. The summed E-state index contributed by atoms with van der Waals surface area (Å²) in [6.45, 7) is 5.46. The van der Waals surface area contributed by atoms with Crippen LogP contribution >= 0.6 is 0 Å². The molecule has 3 aliphatic heterocycles. The average molecular weight is 325 g/mol. The van der Waals surface area contributed by atoms with Crippen LogP contribution in [0.25, 0.3) is 0 Å². The van der Waals surface area contributed by atoms with Gasteiger partial charge in [-0.05, 0) is 32.8 Å². The summed E-state index contributed by atoms with van der Waals surface area (Å²) in [5.41, 5.74) is -3.32. The van der Waals surface area contributed by atoms with Crippen molar-refractivity contribution in [1.82, 2.24) is 4.90 Å². The molecule has 2 fully saturated rings. The number of carbonyl (C=O) groups is 2. The van der Waals surface area contributed by atoms with Crippen LogP contribution in [0.5, 0.6) is 0 Å². The largest absolute Gasteiger partial charge is 0.461 e. The van der Waals surface area contributed by atoms with Crippen molar-refractivity contribution >= 4 is 11.9 Å². The molecule has 0 radical (unpaired) electrons. The van der Waals surface area contributed by atoms with Crippen LogP contribution in [0, 0.1) is 5.92 Å². The molecule has 0 saturated carbocycles. The van der Waals surface area contributed by atoms with E-state index in [1.54, 1.807) is 0 Å². The number of hydrogen-bond acceptors (Lipinski definition) is 7. The Bertz CT molecular complexity index is 567. The summed E-state index contributed by atoms with van der Waals surface area (Å²) >= 11 is 0. The summed E-state index contributed by atoms with van der Waals surface area (Å²) in [4.78, 5) is 26.9. The van der Waals surface area contributed by atoms with Gasteiger partial charge in [0, 0.05) is 13.1 Å². The average Bonchev–Trinajstić information content (AvgIpc) is 3.06. The highest BCUT2D eigenvalue weighted by atomic mass is 16.6. The van der Waals surface area contributed by atoms with Crippen molar-refractivity contribution in [2.75, 3.05) is 19.7 Å². The van der Waals surface area contributed by atoms with Gasteiger partial charge >= 0.3 is 11.9 Å². The van der Waals surface area contributed by atoms with Crippen molar-refractivity contribution < 1.29 is 29.3 Å². The number of cyclic esters (lactones) is 1. The molecular weight excluding hydrogens is 302 g/mol. The molecule has 0 aliphatic carbocycles. The molecule has 2 N–H and O–H groups in total. The van der Waals surface area contributed by atoms with Crippen LogP contribution in [0.4, 0.5) is 0 Å². The maximum absolute atomic E-state index is 12.5. The van der Waals surface area contributed by atoms with Gasteiger partial charge in [-0.15, -0.1) is 0 Å². The molecule has 0 unspecified atom stereocenters. The molecule has 3 heterocycles. The zero-order valence-corrected chi connectivity index (χ0v) is 13.6. The van der Waals surface area contributed by atoms with Gasteiger partial charge in [-0.1, -0.05) is 6.08 Å². The van der Waals surface area contributed by atoms with Crippen LogP contribution in [0.15, 0.2) is 11.6 Å². The smallest absolute Gasteiger partial charge is 0.341 e. The van der Waals surface area contributed by atoms with Crippen molar-refractivity contribution in [3.63, 3.8) is 0 Å². The Labute approximate surface area is 134 Å². The highest BCUT2D eigenvalue weighted by molar-refractivity contribution is 5.83. The maximum atomic E-state index is 12.5. The third kappa shape index (κ3) is 2.38. The van der Waals surface area contributed by atoms with Crippen LogP contribution in [0.2, 0.25) is 0 Å². The number of aliphatic hydroxyl groups is 2. The number of rotatable bonds is 0. The van der Waals surface area contributed by atoms with Crippen LogP contribution in [0.1, 0.15) is 27.2 Å². The molecule has 0 aromatic heterocycles. The monoisotopic (exact) mass is 325 g/mol. The topological polar surface area (TPSA) is 96.3 Å². The Kier molecular flexibility index (Phi) is 3.78. The molecule has 0 spiro atoms. The van der Waals surface area contributed by atoms with Gasteiger partial charge < -0.3 is 19.7 Å². The van der Waals surface area contributed by atoms with Gasteiger partial charge in [0.15, 0.2) is 5.60 Å². The van der Waals surface area contributed by atoms with Crippen molar-refractivity contribution in [2.45, 2.75) is 50.5 Å². The fourth-order valence-electron chi connectivity index (χ4n) is 3.52. The third-order valence-electron chi connectivity index (χ3n) is 5.63. The van der Waals surface area contributed by atoms with E-state index in [1.165, 1.54) is 20.8 Å². The molecule has 2 saturated heterocycles. The predicted octanol–water partition coefficient (Wildman–Crippen LogP) is -0.393. The fourth-order valence-corrected chi connectivity index (χ4v) is 3.52. The van der Waals surface area contributed by atoms with Crippen molar-refractivity contribution in [3.05, 3.63) is 11.6 Å². The van der Waals surface area contributed by atoms with Gasteiger partial charge in [0.1, 0.15) is 18.3 Å².